The Morgan fingerprint density at radius 1 is 0.566 bits per heavy atom. The predicted octanol–water partition coefficient (Wildman–Crippen LogP) is 10.6. The molecule has 0 spiro atoms. The van der Waals surface area contributed by atoms with Crippen molar-refractivity contribution in [3.05, 3.63) is 48.6 Å². The number of allylic oxidation sites excluding steroid dienone is 8. The highest BCUT2D eigenvalue weighted by Gasteiger charge is 2.27. The van der Waals surface area contributed by atoms with Gasteiger partial charge < -0.3 is 24.6 Å². The molecule has 0 aliphatic rings. The SMILES string of the molecule is CCCCC/C=C/C/C=C/C/C=C/CCCCC(=O)OC[C@H](COP(=O)(O)OC[C@@H](O)CO)OC(=O)CCCCC/C=C/CCCCCCCCCC. The fraction of sp³-hybridized carbons (Fsp3) is 0.762. The van der Waals surface area contributed by atoms with E-state index in [-0.39, 0.29) is 19.4 Å². The Bertz CT molecular complexity index is 1030. The summed E-state index contributed by atoms with van der Waals surface area (Å²) in [7, 11) is -4.63. The van der Waals surface area contributed by atoms with E-state index >= 15 is 0 Å². The number of rotatable bonds is 38. The molecular formula is C42H75O10P. The monoisotopic (exact) mass is 771 g/mol. The first kappa shape index (κ1) is 50.9. The zero-order chi connectivity index (χ0) is 39.1. The Morgan fingerprint density at radius 2 is 0.981 bits per heavy atom. The molecule has 308 valence electrons. The summed E-state index contributed by atoms with van der Waals surface area (Å²) in [5, 5.41) is 18.3. The van der Waals surface area contributed by atoms with Crippen LogP contribution in [0.3, 0.4) is 0 Å². The molecule has 0 bridgehead atoms. The van der Waals surface area contributed by atoms with E-state index < -0.39 is 51.8 Å². The van der Waals surface area contributed by atoms with E-state index in [2.05, 4.69) is 67.0 Å². The molecule has 3 atom stereocenters. The van der Waals surface area contributed by atoms with Crippen LogP contribution in [0.15, 0.2) is 48.6 Å². The van der Waals surface area contributed by atoms with Crippen LogP contribution >= 0.6 is 7.82 Å². The third kappa shape index (κ3) is 38.0. The first-order valence-electron chi connectivity index (χ1n) is 20.6. The molecule has 0 aromatic rings. The molecule has 0 aromatic carbocycles. The van der Waals surface area contributed by atoms with Gasteiger partial charge in [0.25, 0.3) is 0 Å². The number of aliphatic hydroxyl groups excluding tert-OH is 2. The van der Waals surface area contributed by atoms with Gasteiger partial charge in [-0.15, -0.1) is 0 Å². The largest absolute Gasteiger partial charge is 0.472 e. The average Bonchev–Trinajstić information content (AvgIpc) is 3.14. The van der Waals surface area contributed by atoms with E-state index in [4.69, 9.17) is 19.1 Å². The van der Waals surface area contributed by atoms with Gasteiger partial charge in [-0.1, -0.05) is 127 Å². The molecule has 0 aliphatic heterocycles. The van der Waals surface area contributed by atoms with Crippen LogP contribution in [-0.4, -0.2) is 65.7 Å². The minimum absolute atomic E-state index is 0.155. The second-order valence-corrected chi connectivity index (χ2v) is 15.1. The minimum atomic E-state index is -4.63. The molecule has 53 heavy (non-hydrogen) atoms. The Labute approximate surface area is 322 Å². The number of carbonyl (C=O) groups is 2. The Kier molecular flexibility index (Phi) is 36.7. The summed E-state index contributed by atoms with van der Waals surface area (Å²) >= 11 is 0. The normalized spacial score (nSPS) is 14.4. The van der Waals surface area contributed by atoms with Crippen molar-refractivity contribution < 1.29 is 47.8 Å². The smallest absolute Gasteiger partial charge is 0.462 e. The predicted molar refractivity (Wildman–Crippen MR) is 214 cm³/mol. The first-order chi connectivity index (χ1) is 25.7. The number of phosphoric ester groups is 1. The van der Waals surface area contributed by atoms with Gasteiger partial charge in [0, 0.05) is 12.8 Å². The highest BCUT2D eigenvalue weighted by atomic mass is 31.2. The molecule has 3 N–H and O–H groups in total. The van der Waals surface area contributed by atoms with Crippen LogP contribution < -0.4 is 0 Å². The minimum Gasteiger partial charge on any atom is -0.462 e. The fourth-order valence-corrected chi connectivity index (χ4v) is 6.02. The van der Waals surface area contributed by atoms with Crippen LogP contribution in [0.5, 0.6) is 0 Å². The van der Waals surface area contributed by atoms with Crippen LogP contribution in [0.4, 0.5) is 0 Å². The highest BCUT2D eigenvalue weighted by molar-refractivity contribution is 7.47. The lowest BCUT2D eigenvalue weighted by molar-refractivity contribution is -0.161. The van der Waals surface area contributed by atoms with Gasteiger partial charge in [0.2, 0.25) is 0 Å². The lowest BCUT2D eigenvalue weighted by Gasteiger charge is -2.20. The van der Waals surface area contributed by atoms with Gasteiger partial charge in [0.05, 0.1) is 19.8 Å². The van der Waals surface area contributed by atoms with Gasteiger partial charge in [-0.3, -0.25) is 18.6 Å². The highest BCUT2D eigenvalue weighted by Crippen LogP contribution is 2.43. The van der Waals surface area contributed by atoms with Crippen LogP contribution in [0.1, 0.15) is 168 Å². The molecule has 0 fully saturated rings. The van der Waals surface area contributed by atoms with Crippen molar-refractivity contribution in [2.45, 2.75) is 180 Å². The van der Waals surface area contributed by atoms with Crippen LogP contribution in [0, 0.1) is 0 Å². The topological polar surface area (TPSA) is 149 Å². The van der Waals surface area contributed by atoms with Crippen molar-refractivity contribution in [3.8, 4) is 0 Å². The van der Waals surface area contributed by atoms with Gasteiger partial charge in [-0.05, 0) is 77.0 Å². The zero-order valence-corrected chi connectivity index (χ0v) is 34.1. The third-order valence-electron chi connectivity index (χ3n) is 8.46. The summed E-state index contributed by atoms with van der Waals surface area (Å²) in [6.07, 6.45) is 39.4. The molecule has 0 rings (SSSR count). The maximum Gasteiger partial charge on any atom is 0.472 e. The Balaban J connectivity index is 4.43. The molecule has 0 saturated carbocycles. The Morgan fingerprint density at radius 3 is 1.57 bits per heavy atom. The van der Waals surface area contributed by atoms with Crippen molar-refractivity contribution in [1.29, 1.82) is 0 Å². The molecule has 11 heteroatoms. The lowest BCUT2D eigenvalue weighted by Crippen LogP contribution is -2.29. The number of ether oxygens (including phenoxy) is 2. The van der Waals surface area contributed by atoms with Gasteiger partial charge >= 0.3 is 19.8 Å². The van der Waals surface area contributed by atoms with Crippen molar-refractivity contribution in [1.82, 2.24) is 0 Å². The zero-order valence-electron chi connectivity index (χ0n) is 33.2. The van der Waals surface area contributed by atoms with Crippen LogP contribution in [0.2, 0.25) is 0 Å². The van der Waals surface area contributed by atoms with Crippen LogP contribution in [0.25, 0.3) is 0 Å². The summed E-state index contributed by atoms with van der Waals surface area (Å²) in [5.74, 6) is -0.990. The molecule has 0 aromatic heterocycles. The van der Waals surface area contributed by atoms with Crippen LogP contribution in [-0.2, 0) is 32.7 Å². The number of phosphoric acid groups is 1. The van der Waals surface area contributed by atoms with Crippen molar-refractivity contribution >= 4 is 19.8 Å². The standard InChI is InChI=1S/C42H75O10P/c1-3-5-7-9-11-13-15-17-19-21-23-25-27-29-31-33-41(45)49-37-40(38-51-53(47,48)50-36-39(44)35-43)52-42(46)34-32-30-28-26-24-22-20-18-16-14-12-10-8-6-4-2/h11,13,17,19,22-25,39-40,43-44H,3-10,12,14-16,18,20-21,26-38H2,1-2H3,(H,47,48)/b13-11+,19-17+,24-22+,25-23+/t39-,40+/m0/s1. The molecule has 10 nitrogen and oxygen atoms in total. The van der Waals surface area contributed by atoms with Crippen molar-refractivity contribution in [2.75, 3.05) is 26.4 Å². The molecule has 0 radical (unpaired) electrons. The quantitative estimate of drug-likeness (QED) is 0.0240. The molecule has 0 heterocycles. The van der Waals surface area contributed by atoms with E-state index in [0.717, 1.165) is 57.8 Å². The summed E-state index contributed by atoms with van der Waals surface area (Å²) in [4.78, 5) is 34.9. The average molecular weight is 771 g/mol. The molecule has 0 aliphatic carbocycles. The summed E-state index contributed by atoms with van der Waals surface area (Å²) < 4.78 is 32.6. The molecule has 0 saturated heterocycles. The summed E-state index contributed by atoms with van der Waals surface area (Å²) in [6.45, 7) is 2.28. The van der Waals surface area contributed by atoms with E-state index in [9.17, 15) is 24.2 Å². The van der Waals surface area contributed by atoms with E-state index in [1.165, 1.54) is 70.6 Å². The Hall–Kier alpha value is -2.07. The van der Waals surface area contributed by atoms with Crippen molar-refractivity contribution in [2.24, 2.45) is 0 Å². The second-order valence-electron chi connectivity index (χ2n) is 13.7. The van der Waals surface area contributed by atoms with Gasteiger partial charge in [-0.25, -0.2) is 4.57 Å². The van der Waals surface area contributed by atoms with E-state index in [1.54, 1.807) is 0 Å². The molecule has 0 amide bonds. The van der Waals surface area contributed by atoms with Crippen molar-refractivity contribution in [3.63, 3.8) is 0 Å². The maximum atomic E-state index is 12.6. The lowest BCUT2D eigenvalue weighted by atomic mass is 10.1. The number of unbranched alkanes of at least 4 members (excludes halogenated alkanes) is 16. The summed E-state index contributed by atoms with van der Waals surface area (Å²) in [6, 6.07) is 0. The summed E-state index contributed by atoms with van der Waals surface area (Å²) in [5.41, 5.74) is 0. The maximum absolute atomic E-state index is 12.6. The number of carbonyl (C=O) groups excluding carboxylic acids is 2. The number of esters is 2. The second kappa shape index (κ2) is 38.2. The fourth-order valence-electron chi connectivity index (χ4n) is 5.23. The number of hydrogen-bond donors (Lipinski definition) is 3. The van der Waals surface area contributed by atoms with Gasteiger partial charge in [0.1, 0.15) is 12.7 Å². The number of hydrogen-bond acceptors (Lipinski definition) is 9. The first-order valence-corrected chi connectivity index (χ1v) is 22.1. The third-order valence-corrected chi connectivity index (χ3v) is 9.41. The molecular weight excluding hydrogens is 695 g/mol. The van der Waals surface area contributed by atoms with Gasteiger partial charge in [-0.2, -0.15) is 0 Å². The van der Waals surface area contributed by atoms with Gasteiger partial charge in [0.15, 0.2) is 6.10 Å². The number of aliphatic hydroxyl groups is 2. The molecule has 1 unspecified atom stereocenters. The van der Waals surface area contributed by atoms with E-state index in [0.29, 0.717) is 12.8 Å². The van der Waals surface area contributed by atoms with E-state index in [1.807, 2.05) is 0 Å².